The summed E-state index contributed by atoms with van der Waals surface area (Å²) in [6.07, 6.45) is 4.26. The van der Waals surface area contributed by atoms with Crippen LogP contribution in [0.15, 0.2) is 18.3 Å². The largest absolute Gasteiger partial charge is 0.261 e. The topological polar surface area (TPSA) is 12.9 Å². The van der Waals surface area contributed by atoms with Crippen LogP contribution < -0.4 is 0 Å². The fourth-order valence-electron chi connectivity index (χ4n) is 2.08. The standard InChI is InChI=1S/C12H17N/c1-9(2)12(3)7-10-5-4-6-13-11(10)8-12/h4-6,9H,7-8H2,1-3H3. The SMILES string of the molecule is CC(C)C1(C)Cc2cccnc2C1. The first-order chi connectivity index (χ1) is 6.12. The molecule has 0 spiro atoms. The summed E-state index contributed by atoms with van der Waals surface area (Å²) in [4.78, 5) is 4.44. The van der Waals surface area contributed by atoms with Gasteiger partial charge in [0.25, 0.3) is 0 Å². The Kier molecular flexibility index (Phi) is 1.90. The van der Waals surface area contributed by atoms with E-state index in [-0.39, 0.29) is 0 Å². The molecule has 0 fully saturated rings. The van der Waals surface area contributed by atoms with E-state index in [2.05, 4.69) is 31.8 Å². The summed E-state index contributed by atoms with van der Waals surface area (Å²) in [6, 6.07) is 4.26. The van der Waals surface area contributed by atoms with Gasteiger partial charge in [-0.05, 0) is 35.8 Å². The van der Waals surface area contributed by atoms with E-state index in [1.165, 1.54) is 17.7 Å². The van der Waals surface area contributed by atoms with Gasteiger partial charge in [-0.2, -0.15) is 0 Å². The molecule has 13 heavy (non-hydrogen) atoms. The summed E-state index contributed by atoms with van der Waals surface area (Å²) >= 11 is 0. The lowest BCUT2D eigenvalue weighted by Gasteiger charge is -2.27. The molecular weight excluding hydrogens is 158 g/mol. The van der Waals surface area contributed by atoms with Crippen LogP contribution >= 0.6 is 0 Å². The third-order valence-electron chi connectivity index (χ3n) is 3.54. The van der Waals surface area contributed by atoms with Crippen molar-refractivity contribution in [2.45, 2.75) is 33.6 Å². The summed E-state index contributed by atoms with van der Waals surface area (Å²) in [5, 5.41) is 0. The van der Waals surface area contributed by atoms with Gasteiger partial charge in [0.05, 0.1) is 0 Å². The Morgan fingerprint density at radius 3 is 2.77 bits per heavy atom. The predicted molar refractivity (Wildman–Crippen MR) is 54.6 cm³/mol. The van der Waals surface area contributed by atoms with Crippen molar-refractivity contribution in [1.29, 1.82) is 0 Å². The van der Waals surface area contributed by atoms with Gasteiger partial charge in [-0.1, -0.05) is 26.8 Å². The number of rotatable bonds is 1. The molecule has 1 aliphatic rings. The molecular formula is C12H17N. The van der Waals surface area contributed by atoms with Crippen LogP contribution in [0.3, 0.4) is 0 Å². The Morgan fingerprint density at radius 2 is 2.15 bits per heavy atom. The van der Waals surface area contributed by atoms with Crippen molar-refractivity contribution in [2.24, 2.45) is 11.3 Å². The molecule has 0 radical (unpaired) electrons. The summed E-state index contributed by atoms with van der Waals surface area (Å²) in [5.41, 5.74) is 3.22. The van der Waals surface area contributed by atoms with Gasteiger partial charge in [-0.15, -0.1) is 0 Å². The van der Waals surface area contributed by atoms with Gasteiger partial charge in [0, 0.05) is 11.9 Å². The molecule has 1 nitrogen and oxygen atoms in total. The van der Waals surface area contributed by atoms with Crippen molar-refractivity contribution in [1.82, 2.24) is 4.98 Å². The first-order valence-electron chi connectivity index (χ1n) is 5.04. The number of fused-ring (bicyclic) bond motifs is 1. The van der Waals surface area contributed by atoms with E-state index in [4.69, 9.17) is 0 Å². The molecule has 1 aliphatic carbocycles. The zero-order chi connectivity index (χ0) is 9.47. The van der Waals surface area contributed by atoms with Crippen LogP contribution in [0.1, 0.15) is 32.0 Å². The summed E-state index contributed by atoms with van der Waals surface area (Å²) in [6.45, 7) is 7.00. The maximum Gasteiger partial charge on any atom is 0.0441 e. The molecule has 0 bridgehead atoms. The van der Waals surface area contributed by atoms with E-state index < -0.39 is 0 Å². The molecule has 1 aromatic rings. The third-order valence-corrected chi connectivity index (χ3v) is 3.54. The van der Waals surface area contributed by atoms with Gasteiger partial charge >= 0.3 is 0 Å². The molecule has 0 saturated heterocycles. The lowest BCUT2D eigenvalue weighted by atomic mass is 9.77. The van der Waals surface area contributed by atoms with Crippen molar-refractivity contribution >= 4 is 0 Å². The lowest BCUT2D eigenvalue weighted by molar-refractivity contribution is 0.233. The summed E-state index contributed by atoms with van der Waals surface area (Å²) in [5.74, 6) is 0.738. The van der Waals surface area contributed by atoms with E-state index in [9.17, 15) is 0 Å². The number of hydrogen-bond donors (Lipinski definition) is 0. The Balaban J connectivity index is 2.32. The quantitative estimate of drug-likeness (QED) is 0.639. The summed E-state index contributed by atoms with van der Waals surface area (Å²) in [7, 11) is 0. The first-order valence-corrected chi connectivity index (χ1v) is 5.04. The molecule has 1 atom stereocenters. The minimum atomic E-state index is 0.441. The highest BCUT2D eigenvalue weighted by Crippen LogP contribution is 2.40. The highest BCUT2D eigenvalue weighted by molar-refractivity contribution is 5.28. The van der Waals surface area contributed by atoms with Crippen LogP contribution in [-0.2, 0) is 12.8 Å². The van der Waals surface area contributed by atoms with E-state index >= 15 is 0 Å². The Labute approximate surface area is 80.2 Å². The number of hydrogen-bond acceptors (Lipinski definition) is 1. The molecule has 0 aliphatic heterocycles. The second kappa shape index (κ2) is 2.83. The average molecular weight is 175 g/mol. The molecule has 0 saturated carbocycles. The number of pyridine rings is 1. The van der Waals surface area contributed by atoms with Crippen molar-refractivity contribution < 1.29 is 0 Å². The van der Waals surface area contributed by atoms with Crippen LogP contribution in [0.2, 0.25) is 0 Å². The summed E-state index contributed by atoms with van der Waals surface area (Å²) < 4.78 is 0. The minimum absolute atomic E-state index is 0.441. The van der Waals surface area contributed by atoms with Crippen molar-refractivity contribution in [3.05, 3.63) is 29.6 Å². The van der Waals surface area contributed by atoms with Crippen molar-refractivity contribution in [3.8, 4) is 0 Å². The average Bonchev–Trinajstić information content (AvgIpc) is 2.42. The van der Waals surface area contributed by atoms with E-state index in [1.54, 1.807) is 0 Å². The minimum Gasteiger partial charge on any atom is -0.261 e. The van der Waals surface area contributed by atoms with Crippen LogP contribution in [0, 0.1) is 11.3 Å². The molecule has 2 rings (SSSR count). The van der Waals surface area contributed by atoms with Gasteiger partial charge in [0.15, 0.2) is 0 Å². The molecule has 1 aromatic heterocycles. The molecule has 0 aromatic carbocycles. The van der Waals surface area contributed by atoms with E-state index in [0.29, 0.717) is 5.41 Å². The monoisotopic (exact) mass is 175 g/mol. The molecule has 1 heterocycles. The Bertz CT molecular complexity index is 290. The van der Waals surface area contributed by atoms with Gasteiger partial charge in [0.1, 0.15) is 0 Å². The van der Waals surface area contributed by atoms with Crippen LogP contribution in [0.5, 0.6) is 0 Å². The maximum absolute atomic E-state index is 4.44. The predicted octanol–water partition coefficient (Wildman–Crippen LogP) is 2.84. The van der Waals surface area contributed by atoms with E-state index in [0.717, 1.165) is 12.3 Å². The highest BCUT2D eigenvalue weighted by Gasteiger charge is 2.35. The Hall–Kier alpha value is -0.850. The van der Waals surface area contributed by atoms with Crippen molar-refractivity contribution in [3.63, 3.8) is 0 Å². The van der Waals surface area contributed by atoms with Crippen molar-refractivity contribution in [2.75, 3.05) is 0 Å². The number of nitrogens with zero attached hydrogens (tertiary/aromatic N) is 1. The second-order valence-electron chi connectivity index (χ2n) is 4.77. The van der Waals surface area contributed by atoms with Gasteiger partial charge in [-0.3, -0.25) is 4.98 Å². The van der Waals surface area contributed by atoms with Gasteiger partial charge in [0.2, 0.25) is 0 Å². The van der Waals surface area contributed by atoms with E-state index in [1.807, 2.05) is 12.3 Å². The van der Waals surface area contributed by atoms with Crippen LogP contribution in [-0.4, -0.2) is 4.98 Å². The van der Waals surface area contributed by atoms with Gasteiger partial charge in [-0.25, -0.2) is 0 Å². The number of aromatic nitrogens is 1. The second-order valence-corrected chi connectivity index (χ2v) is 4.77. The normalized spacial score (nSPS) is 26.5. The van der Waals surface area contributed by atoms with Crippen LogP contribution in [0.4, 0.5) is 0 Å². The fraction of sp³-hybridized carbons (Fsp3) is 0.583. The smallest absolute Gasteiger partial charge is 0.0441 e. The zero-order valence-corrected chi connectivity index (χ0v) is 8.67. The van der Waals surface area contributed by atoms with Crippen LogP contribution in [0.25, 0.3) is 0 Å². The Morgan fingerprint density at radius 1 is 1.38 bits per heavy atom. The molecule has 70 valence electrons. The maximum atomic E-state index is 4.44. The molecule has 1 heteroatoms. The third kappa shape index (κ3) is 1.37. The van der Waals surface area contributed by atoms with Gasteiger partial charge < -0.3 is 0 Å². The molecule has 0 amide bonds. The lowest BCUT2D eigenvalue weighted by Crippen LogP contribution is -2.23. The fourth-order valence-corrected chi connectivity index (χ4v) is 2.08. The highest BCUT2D eigenvalue weighted by atomic mass is 14.7. The molecule has 0 N–H and O–H groups in total. The first kappa shape index (κ1) is 8.74. The molecule has 1 unspecified atom stereocenters. The zero-order valence-electron chi connectivity index (χ0n) is 8.67.